The summed E-state index contributed by atoms with van der Waals surface area (Å²) < 4.78 is 9.71. The highest BCUT2D eigenvalue weighted by molar-refractivity contribution is 5.27. The quantitative estimate of drug-likeness (QED) is 0.685. The summed E-state index contributed by atoms with van der Waals surface area (Å²) in [5.74, 6) is 1.76. The third-order valence-corrected chi connectivity index (χ3v) is 4.09. The van der Waals surface area contributed by atoms with Gasteiger partial charge in [0.15, 0.2) is 0 Å². The minimum absolute atomic E-state index is 0.346. The summed E-state index contributed by atoms with van der Waals surface area (Å²) in [5.41, 5.74) is 2.42. The number of hydrogen-bond donors (Lipinski definition) is 1. The van der Waals surface area contributed by atoms with Crippen molar-refractivity contribution < 1.29 is 4.74 Å². The molecule has 1 aromatic carbocycles. The van der Waals surface area contributed by atoms with Crippen LogP contribution in [0.25, 0.3) is 0 Å². The van der Waals surface area contributed by atoms with Gasteiger partial charge >= 0.3 is 0 Å². The lowest BCUT2D eigenvalue weighted by Gasteiger charge is -2.14. The van der Waals surface area contributed by atoms with Gasteiger partial charge in [0.2, 0.25) is 0 Å². The van der Waals surface area contributed by atoms with Crippen LogP contribution >= 0.6 is 0 Å². The number of aromatic nitrogens is 4. The van der Waals surface area contributed by atoms with E-state index in [2.05, 4.69) is 47.6 Å². The lowest BCUT2D eigenvalue weighted by Crippen LogP contribution is -2.30. The van der Waals surface area contributed by atoms with Crippen molar-refractivity contribution in [3.05, 3.63) is 66.0 Å². The van der Waals surface area contributed by atoms with Gasteiger partial charge in [0.25, 0.3) is 0 Å². The highest BCUT2D eigenvalue weighted by atomic mass is 16.5. The summed E-state index contributed by atoms with van der Waals surface area (Å²) >= 11 is 0. The van der Waals surface area contributed by atoms with Gasteiger partial charge in [0, 0.05) is 38.2 Å². The predicted octanol–water partition coefficient (Wildman–Crippen LogP) is 2.68. The number of aryl methyl sites for hydroxylation is 2. The molecule has 6 nitrogen and oxygen atoms in total. The average molecular weight is 339 g/mol. The molecule has 1 N–H and O–H groups in total. The molecule has 1 atom stereocenters. The van der Waals surface area contributed by atoms with E-state index in [0.717, 1.165) is 24.7 Å². The Bertz CT molecular complexity index is 790. The molecule has 0 saturated heterocycles. The maximum atomic E-state index is 5.78. The Morgan fingerprint density at radius 3 is 2.68 bits per heavy atom. The van der Waals surface area contributed by atoms with Crippen LogP contribution in [0.3, 0.4) is 0 Å². The monoisotopic (exact) mass is 339 g/mol. The lowest BCUT2D eigenvalue weighted by atomic mass is 10.2. The normalized spacial score (nSPS) is 12.3. The molecule has 2 aromatic heterocycles. The Morgan fingerprint density at radius 1 is 1.24 bits per heavy atom. The van der Waals surface area contributed by atoms with Crippen LogP contribution in [0.5, 0.6) is 5.75 Å². The second-order valence-corrected chi connectivity index (χ2v) is 6.41. The fraction of sp³-hybridized carbons (Fsp3) is 0.368. The van der Waals surface area contributed by atoms with Crippen molar-refractivity contribution in [3.8, 4) is 5.75 Å². The fourth-order valence-corrected chi connectivity index (χ4v) is 2.59. The topological polar surface area (TPSA) is 56.9 Å². The first-order valence-corrected chi connectivity index (χ1v) is 8.50. The Balaban J connectivity index is 1.45. The van der Waals surface area contributed by atoms with Gasteiger partial charge in [-0.15, -0.1) is 0 Å². The molecule has 0 aliphatic rings. The van der Waals surface area contributed by atoms with E-state index in [0.29, 0.717) is 12.6 Å². The SMILES string of the molecule is Cc1cnn(C[C@H](C)NCc2ccc(OCc3nccn3C)cc2)c1. The third kappa shape index (κ3) is 4.93. The van der Waals surface area contributed by atoms with Gasteiger partial charge in [-0.05, 0) is 37.1 Å². The number of nitrogens with one attached hydrogen (secondary N) is 1. The molecule has 0 bridgehead atoms. The molecule has 0 spiro atoms. The number of hydrogen-bond acceptors (Lipinski definition) is 4. The molecule has 2 heterocycles. The first kappa shape index (κ1) is 17.2. The van der Waals surface area contributed by atoms with Crippen LogP contribution in [0, 0.1) is 6.92 Å². The van der Waals surface area contributed by atoms with E-state index in [9.17, 15) is 0 Å². The van der Waals surface area contributed by atoms with Gasteiger partial charge < -0.3 is 14.6 Å². The molecule has 0 amide bonds. The molecule has 0 fully saturated rings. The van der Waals surface area contributed by atoms with E-state index in [-0.39, 0.29) is 0 Å². The Hall–Kier alpha value is -2.60. The van der Waals surface area contributed by atoms with Crippen LogP contribution in [-0.2, 0) is 26.7 Å². The zero-order chi connectivity index (χ0) is 17.6. The van der Waals surface area contributed by atoms with E-state index in [4.69, 9.17) is 4.74 Å². The molecule has 0 aliphatic heterocycles. The van der Waals surface area contributed by atoms with E-state index in [1.165, 1.54) is 11.1 Å². The smallest absolute Gasteiger partial charge is 0.146 e. The van der Waals surface area contributed by atoms with Crippen molar-refractivity contribution in [2.45, 2.75) is 39.6 Å². The van der Waals surface area contributed by atoms with Crippen LogP contribution in [-0.4, -0.2) is 25.4 Å². The molecule has 0 unspecified atom stereocenters. The van der Waals surface area contributed by atoms with Crippen molar-refractivity contribution in [3.63, 3.8) is 0 Å². The molecule has 3 aromatic rings. The Labute approximate surface area is 148 Å². The standard InChI is InChI=1S/C19H25N5O/c1-15-10-22-24(12-15)13-16(2)21-11-17-4-6-18(7-5-17)25-14-19-20-8-9-23(19)3/h4-10,12,16,21H,11,13-14H2,1-3H3/t16-/m0/s1. The van der Waals surface area contributed by atoms with Crippen LogP contribution in [0.4, 0.5) is 0 Å². The Kier molecular flexibility index (Phi) is 5.50. The van der Waals surface area contributed by atoms with Crippen LogP contribution in [0.1, 0.15) is 23.9 Å². The van der Waals surface area contributed by atoms with Crippen molar-refractivity contribution in [2.75, 3.05) is 0 Å². The van der Waals surface area contributed by atoms with E-state index >= 15 is 0 Å². The summed E-state index contributed by atoms with van der Waals surface area (Å²) in [6.07, 6.45) is 7.64. The molecule has 25 heavy (non-hydrogen) atoms. The number of imidazole rings is 1. The van der Waals surface area contributed by atoms with Gasteiger partial charge in [0.1, 0.15) is 18.2 Å². The summed E-state index contributed by atoms with van der Waals surface area (Å²) in [6, 6.07) is 8.53. The Morgan fingerprint density at radius 2 is 2.04 bits per heavy atom. The summed E-state index contributed by atoms with van der Waals surface area (Å²) in [4.78, 5) is 4.25. The second-order valence-electron chi connectivity index (χ2n) is 6.41. The van der Waals surface area contributed by atoms with Gasteiger partial charge in [-0.2, -0.15) is 5.10 Å². The highest BCUT2D eigenvalue weighted by Gasteiger charge is 2.05. The second kappa shape index (κ2) is 7.98. The van der Waals surface area contributed by atoms with E-state index < -0.39 is 0 Å². The molecule has 0 radical (unpaired) electrons. The van der Waals surface area contributed by atoms with Crippen LogP contribution in [0.2, 0.25) is 0 Å². The summed E-state index contributed by atoms with van der Waals surface area (Å²) in [6.45, 7) is 6.38. The first-order chi connectivity index (χ1) is 12.1. The van der Waals surface area contributed by atoms with Crippen molar-refractivity contribution in [1.82, 2.24) is 24.6 Å². The number of ether oxygens (including phenoxy) is 1. The number of nitrogens with zero attached hydrogens (tertiary/aromatic N) is 4. The minimum atomic E-state index is 0.346. The number of benzene rings is 1. The lowest BCUT2D eigenvalue weighted by molar-refractivity contribution is 0.291. The average Bonchev–Trinajstić information content (AvgIpc) is 3.20. The first-order valence-electron chi connectivity index (χ1n) is 8.50. The summed E-state index contributed by atoms with van der Waals surface area (Å²) in [5, 5.41) is 7.85. The van der Waals surface area contributed by atoms with E-state index in [1.807, 2.05) is 40.8 Å². The molecule has 0 saturated carbocycles. The van der Waals surface area contributed by atoms with Gasteiger partial charge in [-0.25, -0.2) is 4.98 Å². The number of rotatable bonds is 8. The zero-order valence-electron chi connectivity index (χ0n) is 15.0. The molecule has 3 rings (SSSR count). The van der Waals surface area contributed by atoms with Gasteiger partial charge in [-0.3, -0.25) is 4.68 Å². The minimum Gasteiger partial charge on any atom is -0.486 e. The van der Waals surface area contributed by atoms with Crippen LogP contribution in [0.15, 0.2) is 49.1 Å². The van der Waals surface area contributed by atoms with Crippen molar-refractivity contribution in [2.24, 2.45) is 7.05 Å². The largest absolute Gasteiger partial charge is 0.486 e. The van der Waals surface area contributed by atoms with Gasteiger partial charge in [0.05, 0.1) is 12.7 Å². The highest BCUT2D eigenvalue weighted by Crippen LogP contribution is 2.14. The summed E-state index contributed by atoms with van der Waals surface area (Å²) in [7, 11) is 1.96. The molecule has 6 heteroatoms. The zero-order valence-corrected chi connectivity index (χ0v) is 15.0. The molecule has 0 aliphatic carbocycles. The van der Waals surface area contributed by atoms with Crippen LogP contribution < -0.4 is 10.1 Å². The predicted molar refractivity (Wildman–Crippen MR) is 97.2 cm³/mol. The van der Waals surface area contributed by atoms with Gasteiger partial charge in [-0.1, -0.05) is 12.1 Å². The molecule has 132 valence electrons. The van der Waals surface area contributed by atoms with Crippen molar-refractivity contribution in [1.29, 1.82) is 0 Å². The van der Waals surface area contributed by atoms with E-state index in [1.54, 1.807) is 6.20 Å². The van der Waals surface area contributed by atoms with Crippen molar-refractivity contribution >= 4 is 0 Å². The fourth-order valence-electron chi connectivity index (χ4n) is 2.59. The maximum absolute atomic E-state index is 5.78. The maximum Gasteiger partial charge on any atom is 0.146 e. The molecular weight excluding hydrogens is 314 g/mol. The molecular formula is C19H25N5O. The third-order valence-electron chi connectivity index (χ3n) is 4.09.